The van der Waals surface area contributed by atoms with Crippen LogP contribution >= 0.6 is 0 Å². The van der Waals surface area contributed by atoms with Gasteiger partial charge in [0.05, 0.1) is 18.8 Å². The Morgan fingerprint density at radius 1 is 1.64 bits per heavy atom. The Balaban J connectivity index is 3.94. The second-order valence-corrected chi connectivity index (χ2v) is 3.34. The number of nitrogens with zero attached hydrogens (tertiary/aromatic N) is 1. The van der Waals surface area contributed by atoms with E-state index in [0.29, 0.717) is 6.42 Å². The van der Waals surface area contributed by atoms with Crippen LogP contribution in [0, 0.1) is 0 Å². The smallest absolute Gasteiger partial charge is 0.239 e. The first kappa shape index (κ1) is 13.4. The highest BCUT2D eigenvalue weighted by Gasteiger charge is 2.18. The minimum Gasteiger partial charge on any atom is -0.389 e. The summed E-state index contributed by atoms with van der Waals surface area (Å²) in [5.41, 5.74) is 5.56. The predicted octanol–water partition coefficient (Wildman–Crippen LogP) is -0.811. The molecule has 14 heavy (non-hydrogen) atoms. The highest BCUT2D eigenvalue weighted by Crippen LogP contribution is 1.96. The van der Waals surface area contributed by atoms with Gasteiger partial charge in [-0.25, -0.2) is 0 Å². The quantitative estimate of drug-likeness (QED) is 0.593. The largest absolute Gasteiger partial charge is 0.389 e. The molecule has 0 rings (SSSR count). The lowest BCUT2D eigenvalue weighted by atomic mass is 10.2. The third kappa shape index (κ3) is 4.55. The van der Waals surface area contributed by atoms with E-state index < -0.39 is 12.1 Å². The molecule has 0 bridgehead atoms. The minimum atomic E-state index is -0.655. The zero-order chi connectivity index (χ0) is 11.1. The lowest BCUT2D eigenvalue weighted by Crippen LogP contribution is -2.44. The molecule has 0 aromatic carbocycles. The van der Waals surface area contributed by atoms with Crippen molar-refractivity contribution in [2.24, 2.45) is 5.73 Å². The van der Waals surface area contributed by atoms with Gasteiger partial charge in [0.1, 0.15) is 0 Å². The fourth-order valence-electron chi connectivity index (χ4n) is 1.11. The van der Waals surface area contributed by atoms with Crippen molar-refractivity contribution in [2.45, 2.75) is 25.5 Å². The van der Waals surface area contributed by atoms with Crippen LogP contribution in [0.1, 0.15) is 13.3 Å². The van der Waals surface area contributed by atoms with Crippen molar-refractivity contribution < 1.29 is 14.6 Å². The van der Waals surface area contributed by atoms with Crippen molar-refractivity contribution in [2.75, 3.05) is 27.3 Å². The van der Waals surface area contributed by atoms with Gasteiger partial charge in [-0.3, -0.25) is 4.79 Å². The summed E-state index contributed by atoms with van der Waals surface area (Å²) >= 11 is 0. The van der Waals surface area contributed by atoms with Crippen LogP contribution in [-0.4, -0.2) is 55.4 Å². The summed E-state index contributed by atoms with van der Waals surface area (Å²) < 4.78 is 4.75. The SMILES string of the molecule is CC[C@@H](N)C(=O)N(C)CC(O)COC. The van der Waals surface area contributed by atoms with E-state index in [-0.39, 0.29) is 19.1 Å². The second-order valence-electron chi connectivity index (χ2n) is 3.34. The molecule has 3 N–H and O–H groups in total. The van der Waals surface area contributed by atoms with Gasteiger partial charge in [-0.1, -0.05) is 6.92 Å². The highest BCUT2D eigenvalue weighted by atomic mass is 16.5. The molecule has 1 amide bonds. The van der Waals surface area contributed by atoms with Crippen LogP contribution in [0.15, 0.2) is 0 Å². The lowest BCUT2D eigenvalue weighted by Gasteiger charge is -2.22. The summed E-state index contributed by atoms with van der Waals surface area (Å²) in [5.74, 6) is -0.150. The van der Waals surface area contributed by atoms with Crippen molar-refractivity contribution >= 4 is 5.91 Å². The van der Waals surface area contributed by atoms with E-state index in [1.54, 1.807) is 7.05 Å². The lowest BCUT2D eigenvalue weighted by molar-refractivity contribution is -0.133. The van der Waals surface area contributed by atoms with Crippen LogP contribution in [0.3, 0.4) is 0 Å². The Hall–Kier alpha value is -0.650. The molecule has 0 heterocycles. The molecule has 1 unspecified atom stereocenters. The van der Waals surface area contributed by atoms with E-state index >= 15 is 0 Å². The Bertz CT molecular complexity index is 175. The highest BCUT2D eigenvalue weighted by molar-refractivity contribution is 5.81. The number of carbonyl (C=O) groups excluding carboxylic acids is 1. The van der Waals surface area contributed by atoms with Crippen LogP contribution in [0.5, 0.6) is 0 Å². The fraction of sp³-hybridized carbons (Fsp3) is 0.889. The molecule has 0 aliphatic carbocycles. The molecule has 5 heteroatoms. The maximum absolute atomic E-state index is 11.5. The molecule has 0 aliphatic heterocycles. The molecule has 0 aromatic rings. The Morgan fingerprint density at radius 3 is 2.64 bits per heavy atom. The van der Waals surface area contributed by atoms with E-state index in [1.807, 2.05) is 6.92 Å². The molecular formula is C9H20N2O3. The number of hydrogen-bond donors (Lipinski definition) is 2. The van der Waals surface area contributed by atoms with Gasteiger partial charge in [0.25, 0.3) is 0 Å². The average molecular weight is 204 g/mol. The van der Waals surface area contributed by atoms with Crippen LogP contribution in [0.25, 0.3) is 0 Å². The van der Waals surface area contributed by atoms with Gasteiger partial charge < -0.3 is 20.5 Å². The number of carbonyl (C=O) groups is 1. The molecule has 0 spiro atoms. The molecule has 0 aromatic heterocycles. The predicted molar refractivity (Wildman–Crippen MR) is 53.8 cm³/mol. The standard InChI is InChI=1S/C9H20N2O3/c1-4-8(10)9(13)11(2)5-7(12)6-14-3/h7-8,12H,4-6,10H2,1-3H3/t7?,8-/m1/s1. The number of aliphatic hydroxyl groups excluding tert-OH is 1. The fourth-order valence-corrected chi connectivity index (χ4v) is 1.11. The molecular weight excluding hydrogens is 184 g/mol. The average Bonchev–Trinajstić information content (AvgIpc) is 2.15. The molecule has 0 saturated carbocycles. The van der Waals surface area contributed by atoms with Crippen molar-refractivity contribution in [1.82, 2.24) is 4.90 Å². The monoisotopic (exact) mass is 204 g/mol. The maximum Gasteiger partial charge on any atom is 0.239 e. The molecule has 0 radical (unpaired) electrons. The summed E-state index contributed by atoms with van der Waals surface area (Å²) in [6, 6.07) is -0.477. The number of rotatable bonds is 6. The molecule has 0 saturated heterocycles. The Kier molecular flexibility index (Phi) is 6.44. The number of methoxy groups -OCH3 is 1. The summed E-state index contributed by atoms with van der Waals surface area (Å²) in [6.45, 7) is 2.32. The first-order chi connectivity index (χ1) is 6.52. The zero-order valence-corrected chi connectivity index (χ0v) is 9.06. The summed E-state index contributed by atoms with van der Waals surface area (Å²) in [7, 11) is 3.12. The van der Waals surface area contributed by atoms with Gasteiger partial charge in [-0.05, 0) is 6.42 Å². The Labute approximate surface area is 84.8 Å². The third-order valence-electron chi connectivity index (χ3n) is 1.98. The number of nitrogens with two attached hydrogens (primary N) is 1. The van der Waals surface area contributed by atoms with Crippen molar-refractivity contribution in [3.63, 3.8) is 0 Å². The molecule has 84 valence electrons. The van der Waals surface area contributed by atoms with Gasteiger partial charge in [0.15, 0.2) is 0 Å². The van der Waals surface area contributed by atoms with Gasteiger partial charge >= 0.3 is 0 Å². The molecule has 5 nitrogen and oxygen atoms in total. The van der Waals surface area contributed by atoms with E-state index in [9.17, 15) is 9.90 Å². The minimum absolute atomic E-state index is 0.150. The normalized spacial score (nSPS) is 14.9. The number of hydrogen-bond acceptors (Lipinski definition) is 4. The number of likely N-dealkylation sites (N-methyl/N-ethyl adjacent to an activating group) is 1. The zero-order valence-electron chi connectivity index (χ0n) is 9.06. The van der Waals surface area contributed by atoms with Gasteiger partial charge in [0.2, 0.25) is 5.91 Å². The van der Waals surface area contributed by atoms with Crippen LogP contribution in [0.2, 0.25) is 0 Å². The Morgan fingerprint density at radius 2 is 2.21 bits per heavy atom. The van der Waals surface area contributed by atoms with Crippen LogP contribution in [0.4, 0.5) is 0 Å². The molecule has 0 fully saturated rings. The van der Waals surface area contributed by atoms with E-state index in [1.165, 1.54) is 12.0 Å². The first-order valence-corrected chi connectivity index (χ1v) is 4.70. The van der Waals surface area contributed by atoms with E-state index in [4.69, 9.17) is 10.5 Å². The van der Waals surface area contributed by atoms with Crippen LogP contribution < -0.4 is 5.73 Å². The number of amides is 1. The molecule has 0 aliphatic rings. The van der Waals surface area contributed by atoms with Crippen LogP contribution in [-0.2, 0) is 9.53 Å². The summed E-state index contributed by atoms with van der Waals surface area (Å²) in [4.78, 5) is 12.9. The number of aliphatic hydroxyl groups is 1. The van der Waals surface area contributed by atoms with E-state index in [0.717, 1.165) is 0 Å². The first-order valence-electron chi connectivity index (χ1n) is 4.70. The topological polar surface area (TPSA) is 75.8 Å². The van der Waals surface area contributed by atoms with Gasteiger partial charge in [0, 0.05) is 20.7 Å². The molecule has 2 atom stereocenters. The van der Waals surface area contributed by atoms with Crippen molar-refractivity contribution in [3.8, 4) is 0 Å². The van der Waals surface area contributed by atoms with Gasteiger partial charge in [-0.15, -0.1) is 0 Å². The maximum atomic E-state index is 11.5. The van der Waals surface area contributed by atoms with Crippen molar-refractivity contribution in [3.05, 3.63) is 0 Å². The summed E-state index contributed by atoms with van der Waals surface area (Å²) in [6.07, 6.45) is -0.0539. The third-order valence-corrected chi connectivity index (χ3v) is 1.98. The number of ether oxygens (including phenoxy) is 1. The summed E-state index contributed by atoms with van der Waals surface area (Å²) in [5, 5.41) is 9.36. The van der Waals surface area contributed by atoms with Crippen molar-refractivity contribution in [1.29, 1.82) is 0 Å². The van der Waals surface area contributed by atoms with Gasteiger partial charge in [-0.2, -0.15) is 0 Å². The second kappa shape index (κ2) is 6.75. The van der Waals surface area contributed by atoms with E-state index in [2.05, 4.69) is 0 Å².